The molecule has 0 unspecified atom stereocenters. The number of carboxylic acids is 1. The Morgan fingerprint density at radius 1 is 1.20 bits per heavy atom. The fraction of sp³-hybridized carbons (Fsp3) is 0.417. The van der Waals surface area contributed by atoms with Gasteiger partial charge in [-0.05, 0) is 24.3 Å². The molecule has 1 aromatic rings. The van der Waals surface area contributed by atoms with Crippen molar-refractivity contribution in [3.8, 4) is 0 Å². The van der Waals surface area contributed by atoms with E-state index >= 15 is 0 Å². The fourth-order valence-corrected chi connectivity index (χ4v) is 2.70. The summed E-state index contributed by atoms with van der Waals surface area (Å²) in [6.45, 7) is -0.0525. The Labute approximate surface area is 164 Å². The van der Waals surface area contributed by atoms with Gasteiger partial charge in [0.05, 0.1) is 12.2 Å². The molecule has 1 fully saturated rings. The first-order valence-corrected chi connectivity index (χ1v) is 6.53. The number of carbonyl (C=O) groups is 1. The Morgan fingerprint density at radius 3 is 2.35 bits per heavy atom. The Kier molecular flexibility index (Phi) is 7.64. The second-order valence-corrected chi connectivity index (χ2v) is 5.37. The smallest absolute Gasteiger partial charge is 1.00 e. The minimum Gasteiger partial charge on any atom is -1.00 e. The molecule has 8 heteroatoms. The van der Waals surface area contributed by atoms with E-state index in [2.05, 4.69) is 0 Å². The van der Waals surface area contributed by atoms with Crippen LogP contribution in [0.1, 0.15) is 11.8 Å². The van der Waals surface area contributed by atoms with Crippen LogP contribution < -0.4 is 51.4 Å². The minimum atomic E-state index is -1.25. The number of rotatable bonds is 3. The predicted molar refractivity (Wildman–Crippen MR) is 68.1 cm³/mol. The first-order valence-electron chi connectivity index (χ1n) is 5.65. The van der Waals surface area contributed by atoms with Gasteiger partial charge in [-0.2, -0.15) is 0 Å². The summed E-state index contributed by atoms with van der Waals surface area (Å²) in [6, 6.07) is 6.10. The average Bonchev–Trinajstić information content (AvgIpc) is 2.40. The molecular weight excluding hydrogens is 311 g/mol. The maximum absolute atomic E-state index is 10.7. The number of thioether (sulfide) groups is 1. The van der Waals surface area contributed by atoms with Gasteiger partial charge in [0.1, 0.15) is 23.7 Å². The van der Waals surface area contributed by atoms with Gasteiger partial charge in [-0.1, -0.05) is 11.8 Å². The topological polar surface area (TPSA) is 107 Å². The van der Waals surface area contributed by atoms with E-state index < -0.39 is 29.7 Å². The van der Waals surface area contributed by atoms with E-state index in [1.165, 1.54) is 12.1 Å². The van der Waals surface area contributed by atoms with Gasteiger partial charge in [0.15, 0.2) is 0 Å². The quantitative estimate of drug-likeness (QED) is 0.440. The first kappa shape index (κ1) is 18.6. The van der Waals surface area contributed by atoms with Gasteiger partial charge in [0.25, 0.3) is 0 Å². The van der Waals surface area contributed by atoms with Crippen molar-refractivity contribution in [2.45, 2.75) is 28.6 Å². The van der Waals surface area contributed by atoms with Crippen molar-refractivity contribution >= 4 is 17.7 Å². The third-order valence-electron chi connectivity index (χ3n) is 2.81. The molecule has 0 aromatic heterocycles. The number of carboxylic acid groups (broad SMARTS) is 1. The van der Waals surface area contributed by atoms with Crippen molar-refractivity contribution in [2.75, 3.05) is 6.61 Å². The SMILES string of the molecule is O=C(O)c1ccc(S[C@@H]2OC[C@@H](O)[C@H](O)[C@H]2O)cc1.[H-].[K+]. The van der Waals surface area contributed by atoms with Crippen molar-refractivity contribution in [3.63, 3.8) is 0 Å². The molecule has 1 saturated heterocycles. The van der Waals surface area contributed by atoms with E-state index in [0.29, 0.717) is 4.90 Å². The summed E-state index contributed by atoms with van der Waals surface area (Å²) >= 11 is 1.16. The van der Waals surface area contributed by atoms with Crippen molar-refractivity contribution in [3.05, 3.63) is 29.8 Å². The number of aromatic carboxylic acids is 1. The average molecular weight is 326 g/mol. The molecule has 6 nitrogen and oxygen atoms in total. The molecule has 4 N–H and O–H groups in total. The van der Waals surface area contributed by atoms with Crippen molar-refractivity contribution < 1.29 is 82.8 Å². The number of aliphatic hydroxyl groups excluding tert-OH is 3. The van der Waals surface area contributed by atoms with Gasteiger partial charge in [-0.15, -0.1) is 0 Å². The van der Waals surface area contributed by atoms with Gasteiger partial charge < -0.3 is 26.6 Å². The zero-order valence-electron chi connectivity index (χ0n) is 11.8. The molecule has 1 heterocycles. The second-order valence-electron chi connectivity index (χ2n) is 4.20. The Bertz CT molecular complexity index is 460. The number of hydrogen-bond acceptors (Lipinski definition) is 6. The molecule has 1 aliphatic rings. The molecule has 1 aliphatic heterocycles. The molecule has 0 aliphatic carbocycles. The largest absolute Gasteiger partial charge is 1.00 e. The van der Waals surface area contributed by atoms with Gasteiger partial charge in [-0.3, -0.25) is 0 Å². The first-order chi connectivity index (χ1) is 8.99. The van der Waals surface area contributed by atoms with Crippen LogP contribution in [0.3, 0.4) is 0 Å². The summed E-state index contributed by atoms with van der Waals surface area (Å²) in [5.41, 5.74) is -0.529. The van der Waals surface area contributed by atoms with Gasteiger partial charge >= 0.3 is 57.4 Å². The van der Waals surface area contributed by atoms with Gasteiger partial charge in [0.2, 0.25) is 0 Å². The second kappa shape index (κ2) is 8.23. The number of aliphatic hydroxyl groups is 3. The summed E-state index contributed by atoms with van der Waals surface area (Å²) in [5.74, 6) is -1.01. The Morgan fingerprint density at radius 2 is 1.80 bits per heavy atom. The summed E-state index contributed by atoms with van der Waals surface area (Å²) in [5, 5.41) is 37.4. The van der Waals surface area contributed by atoms with Crippen LogP contribution in [-0.2, 0) is 4.74 Å². The zero-order chi connectivity index (χ0) is 14.0. The van der Waals surface area contributed by atoms with Crippen LogP contribution in [0.25, 0.3) is 0 Å². The standard InChI is InChI=1S/C12H14O6S.K.H/c13-8-5-18-12(10(15)9(8)14)19-7-3-1-6(2-4-7)11(16)17;;/h1-4,8-10,12-15H,5H2,(H,16,17);;/q;+1;-1/t8-,9+,10-,12+;;/m1../s1. The zero-order valence-corrected chi connectivity index (χ0v) is 14.8. The molecule has 0 spiro atoms. The van der Waals surface area contributed by atoms with Crippen molar-refractivity contribution in [1.29, 1.82) is 0 Å². The molecule has 20 heavy (non-hydrogen) atoms. The van der Waals surface area contributed by atoms with Crippen LogP contribution in [-0.4, -0.2) is 56.8 Å². The summed E-state index contributed by atoms with van der Waals surface area (Å²) < 4.78 is 5.24. The van der Waals surface area contributed by atoms with E-state index in [0.717, 1.165) is 11.8 Å². The monoisotopic (exact) mass is 326 g/mol. The van der Waals surface area contributed by atoms with E-state index in [1.54, 1.807) is 12.1 Å². The third kappa shape index (κ3) is 4.50. The van der Waals surface area contributed by atoms with E-state index in [-0.39, 0.29) is 65.0 Å². The molecule has 2 rings (SSSR count). The number of benzene rings is 1. The molecular formula is C12H15KO6S. The molecule has 106 valence electrons. The third-order valence-corrected chi connectivity index (χ3v) is 4.00. The normalized spacial score (nSPS) is 29.6. The van der Waals surface area contributed by atoms with E-state index in [4.69, 9.17) is 9.84 Å². The summed E-state index contributed by atoms with van der Waals surface area (Å²) in [4.78, 5) is 11.4. The van der Waals surface area contributed by atoms with Crippen LogP contribution in [0, 0.1) is 0 Å². The molecule has 0 amide bonds. The molecule has 0 bridgehead atoms. The van der Waals surface area contributed by atoms with Crippen LogP contribution >= 0.6 is 11.8 Å². The van der Waals surface area contributed by atoms with Crippen molar-refractivity contribution in [1.82, 2.24) is 0 Å². The number of ether oxygens (including phenoxy) is 1. The van der Waals surface area contributed by atoms with E-state index in [1.807, 2.05) is 0 Å². The van der Waals surface area contributed by atoms with Crippen LogP contribution in [0.15, 0.2) is 29.2 Å². The van der Waals surface area contributed by atoms with Crippen LogP contribution in [0.2, 0.25) is 0 Å². The minimum absolute atomic E-state index is 0. The van der Waals surface area contributed by atoms with Crippen LogP contribution in [0.4, 0.5) is 0 Å². The molecule has 0 saturated carbocycles. The van der Waals surface area contributed by atoms with Crippen LogP contribution in [0.5, 0.6) is 0 Å². The van der Waals surface area contributed by atoms with Crippen molar-refractivity contribution in [2.24, 2.45) is 0 Å². The molecule has 1 aromatic carbocycles. The Hall–Kier alpha value is 0.516. The molecule has 0 radical (unpaired) electrons. The summed E-state index contributed by atoms with van der Waals surface area (Å²) in [6.07, 6.45) is -3.54. The predicted octanol–water partition coefficient (Wildman–Crippen LogP) is -2.97. The van der Waals surface area contributed by atoms with E-state index in [9.17, 15) is 20.1 Å². The number of hydrogen-bond donors (Lipinski definition) is 4. The molecule has 4 atom stereocenters. The Balaban J connectivity index is 0.00000200. The maximum Gasteiger partial charge on any atom is 1.00 e. The fourth-order valence-electron chi connectivity index (χ4n) is 1.69. The maximum atomic E-state index is 10.7. The van der Waals surface area contributed by atoms with Gasteiger partial charge in [-0.25, -0.2) is 4.79 Å². The summed E-state index contributed by atoms with van der Waals surface area (Å²) in [7, 11) is 0. The van der Waals surface area contributed by atoms with Gasteiger partial charge in [0, 0.05) is 4.90 Å².